The number of ether oxygens (including phenoxy) is 1. The van der Waals surface area contributed by atoms with Crippen LogP contribution in [0.5, 0.6) is 5.75 Å². The molecule has 6 heteroatoms. The molecular formula is C18H19BrN2O3. The molecule has 0 aliphatic rings. The molecule has 0 aliphatic carbocycles. The number of carbonyl (C=O) groups excluding carboxylic acids is 2. The molecule has 0 heterocycles. The number of amides is 2. The van der Waals surface area contributed by atoms with Gasteiger partial charge in [-0.15, -0.1) is 0 Å². The van der Waals surface area contributed by atoms with E-state index in [2.05, 4.69) is 21.2 Å². The van der Waals surface area contributed by atoms with Crippen LogP contribution in [0.3, 0.4) is 0 Å². The van der Waals surface area contributed by atoms with Gasteiger partial charge in [0, 0.05) is 29.8 Å². The van der Waals surface area contributed by atoms with Gasteiger partial charge >= 0.3 is 0 Å². The minimum Gasteiger partial charge on any atom is -0.484 e. The van der Waals surface area contributed by atoms with E-state index in [-0.39, 0.29) is 18.4 Å². The standard InChI is InChI=1S/C18H19BrN2O3/c1-12-10-15(8-9-16(12)19)24-11-17(22)20-14-6-4-13(5-7-14)18(23)21(2)3/h4-10H,11H2,1-3H3,(H,20,22). The molecule has 0 bridgehead atoms. The van der Waals surface area contributed by atoms with Gasteiger partial charge < -0.3 is 15.0 Å². The SMILES string of the molecule is Cc1cc(OCC(=O)Nc2ccc(C(=O)N(C)C)cc2)ccc1Br. The largest absolute Gasteiger partial charge is 0.484 e. The van der Waals surface area contributed by atoms with Crippen LogP contribution in [0.4, 0.5) is 5.69 Å². The van der Waals surface area contributed by atoms with Gasteiger partial charge in [-0.2, -0.15) is 0 Å². The summed E-state index contributed by atoms with van der Waals surface area (Å²) in [5, 5.41) is 2.74. The lowest BCUT2D eigenvalue weighted by molar-refractivity contribution is -0.118. The molecule has 2 aromatic rings. The molecule has 1 N–H and O–H groups in total. The van der Waals surface area contributed by atoms with Crippen molar-refractivity contribution in [3.05, 3.63) is 58.1 Å². The predicted molar refractivity (Wildman–Crippen MR) is 97.5 cm³/mol. The molecule has 5 nitrogen and oxygen atoms in total. The first-order chi connectivity index (χ1) is 11.4. The number of carbonyl (C=O) groups is 2. The van der Waals surface area contributed by atoms with Crippen LogP contribution >= 0.6 is 15.9 Å². The minimum atomic E-state index is -0.262. The van der Waals surface area contributed by atoms with Crippen LogP contribution in [0.15, 0.2) is 46.9 Å². The summed E-state index contributed by atoms with van der Waals surface area (Å²) in [6.07, 6.45) is 0. The van der Waals surface area contributed by atoms with Crippen molar-refractivity contribution in [3.63, 3.8) is 0 Å². The smallest absolute Gasteiger partial charge is 0.262 e. The third kappa shape index (κ3) is 4.83. The molecule has 0 saturated heterocycles. The molecule has 0 aliphatic heterocycles. The summed E-state index contributed by atoms with van der Waals surface area (Å²) in [4.78, 5) is 25.2. The second-order valence-electron chi connectivity index (χ2n) is 5.52. The van der Waals surface area contributed by atoms with Gasteiger partial charge in [-0.25, -0.2) is 0 Å². The Bertz CT molecular complexity index is 742. The number of anilines is 1. The monoisotopic (exact) mass is 390 g/mol. The van der Waals surface area contributed by atoms with Gasteiger partial charge in [-0.3, -0.25) is 9.59 Å². The summed E-state index contributed by atoms with van der Waals surface area (Å²) in [7, 11) is 3.39. The van der Waals surface area contributed by atoms with Crippen LogP contribution < -0.4 is 10.1 Å². The second kappa shape index (κ2) is 7.97. The van der Waals surface area contributed by atoms with Crippen LogP contribution in [0.1, 0.15) is 15.9 Å². The third-order valence-electron chi connectivity index (χ3n) is 3.32. The van der Waals surface area contributed by atoms with E-state index in [4.69, 9.17) is 4.74 Å². The van der Waals surface area contributed by atoms with Crippen LogP contribution in [0.25, 0.3) is 0 Å². The topological polar surface area (TPSA) is 58.6 Å². The zero-order valence-electron chi connectivity index (χ0n) is 13.8. The molecule has 0 spiro atoms. The number of nitrogens with zero attached hydrogens (tertiary/aromatic N) is 1. The summed E-state index contributed by atoms with van der Waals surface area (Å²) in [6, 6.07) is 12.3. The Morgan fingerprint density at radius 3 is 2.38 bits per heavy atom. The lowest BCUT2D eigenvalue weighted by atomic mass is 10.2. The number of hydrogen-bond acceptors (Lipinski definition) is 3. The molecule has 0 atom stereocenters. The van der Waals surface area contributed by atoms with Gasteiger partial charge in [0.05, 0.1) is 0 Å². The highest BCUT2D eigenvalue weighted by Gasteiger charge is 2.09. The summed E-state index contributed by atoms with van der Waals surface area (Å²) in [5.74, 6) is 0.293. The number of halogens is 1. The predicted octanol–water partition coefficient (Wildman–Crippen LogP) is 3.48. The van der Waals surface area contributed by atoms with Crippen molar-refractivity contribution in [2.24, 2.45) is 0 Å². The highest BCUT2D eigenvalue weighted by Crippen LogP contribution is 2.21. The number of hydrogen-bond donors (Lipinski definition) is 1. The summed E-state index contributed by atoms with van der Waals surface area (Å²) >= 11 is 3.42. The maximum absolute atomic E-state index is 11.9. The zero-order chi connectivity index (χ0) is 17.7. The average Bonchev–Trinajstić information content (AvgIpc) is 2.56. The van der Waals surface area contributed by atoms with Gasteiger partial charge in [0.15, 0.2) is 6.61 Å². The highest BCUT2D eigenvalue weighted by molar-refractivity contribution is 9.10. The second-order valence-corrected chi connectivity index (χ2v) is 6.38. The molecule has 2 aromatic carbocycles. The summed E-state index contributed by atoms with van der Waals surface area (Å²) < 4.78 is 6.47. The number of nitrogens with one attached hydrogen (secondary N) is 1. The van der Waals surface area contributed by atoms with Crippen molar-refractivity contribution in [2.75, 3.05) is 26.0 Å². The van der Waals surface area contributed by atoms with Crippen molar-refractivity contribution in [1.29, 1.82) is 0 Å². The van der Waals surface area contributed by atoms with E-state index in [0.717, 1.165) is 10.0 Å². The van der Waals surface area contributed by atoms with E-state index >= 15 is 0 Å². The summed E-state index contributed by atoms with van der Waals surface area (Å²) in [6.45, 7) is 1.87. The van der Waals surface area contributed by atoms with Gasteiger partial charge in [-0.1, -0.05) is 15.9 Å². The molecule has 0 saturated carbocycles. The van der Waals surface area contributed by atoms with Crippen LogP contribution in [-0.2, 0) is 4.79 Å². The van der Waals surface area contributed by atoms with Crippen molar-refractivity contribution in [2.45, 2.75) is 6.92 Å². The Morgan fingerprint density at radius 2 is 1.79 bits per heavy atom. The number of rotatable bonds is 5. The Hall–Kier alpha value is -2.34. The van der Waals surface area contributed by atoms with Crippen molar-refractivity contribution in [3.8, 4) is 5.75 Å². The zero-order valence-corrected chi connectivity index (χ0v) is 15.4. The molecule has 0 unspecified atom stereocenters. The first-order valence-electron chi connectivity index (χ1n) is 7.37. The van der Waals surface area contributed by atoms with E-state index in [1.165, 1.54) is 4.90 Å². The number of benzene rings is 2. The Kier molecular flexibility index (Phi) is 5.98. The lowest BCUT2D eigenvalue weighted by Crippen LogP contribution is -2.22. The quantitative estimate of drug-likeness (QED) is 0.849. The van der Waals surface area contributed by atoms with E-state index in [0.29, 0.717) is 17.0 Å². The van der Waals surface area contributed by atoms with Gasteiger partial charge in [0.25, 0.3) is 11.8 Å². The highest BCUT2D eigenvalue weighted by atomic mass is 79.9. The Labute approximate surface area is 149 Å². The maximum atomic E-state index is 11.9. The minimum absolute atomic E-state index is 0.0816. The fourth-order valence-electron chi connectivity index (χ4n) is 2.01. The number of aryl methyl sites for hydroxylation is 1. The van der Waals surface area contributed by atoms with E-state index in [9.17, 15) is 9.59 Å². The first-order valence-corrected chi connectivity index (χ1v) is 8.16. The molecule has 0 fully saturated rings. The molecule has 2 amide bonds. The molecular weight excluding hydrogens is 372 g/mol. The van der Waals surface area contributed by atoms with Crippen molar-refractivity contribution >= 4 is 33.4 Å². The lowest BCUT2D eigenvalue weighted by Gasteiger charge is -2.11. The molecule has 0 aromatic heterocycles. The van der Waals surface area contributed by atoms with Crippen LogP contribution in [0, 0.1) is 6.92 Å². The van der Waals surface area contributed by atoms with E-state index in [1.54, 1.807) is 44.4 Å². The summed E-state index contributed by atoms with van der Waals surface area (Å²) in [5.41, 5.74) is 2.22. The Balaban J connectivity index is 1.90. The maximum Gasteiger partial charge on any atom is 0.262 e. The average molecular weight is 391 g/mol. The van der Waals surface area contributed by atoms with E-state index < -0.39 is 0 Å². The third-order valence-corrected chi connectivity index (χ3v) is 4.21. The molecule has 24 heavy (non-hydrogen) atoms. The molecule has 0 radical (unpaired) electrons. The van der Waals surface area contributed by atoms with Gasteiger partial charge in [-0.05, 0) is 55.0 Å². The van der Waals surface area contributed by atoms with Crippen molar-refractivity contribution < 1.29 is 14.3 Å². The fraction of sp³-hybridized carbons (Fsp3) is 0.222. The van der Waals surface area contributed by atoms with Crippen LogP contribution in [0.2, 0.25) is 0 Å². The van der Waals surface area contributed by atoms with Crippen molar-refractivity contribution in [1.82, 2.24) is 4.90 Å². The van der Waals surface area contributed by atoms with Gasteiger partial charge in [0.2, 0.25) is 0 Å². The Morgan fingerprint density at radius 1 is 1.12 bits per heavy atom. The fourth-order valence-corrected chi connectivity index (χ4v) is 2.25. The molecule has 2 rings (SSSR count). The first kappa shape index (κ1) is 18.0. The normalized spacial score (nSPS) is 10.2. The van der Waals surface area contributed by atoms with Crippen LogP contribution in [-0.4, -0.2) is 37.4 Å². The molecule has 126 valence electrons. The van der Waals surface area contributed by atoms with Gasteiger partial charge in [0.1, 0.15) is 5.75 Å². The van der Waals surface area contributed by atoms with E-state index in [1.807, 2.05) is 19.1 Å².